The first-order valence-corrected chi connectivity index (χ1v) is 10.6. The molecule has 2 fully saturated rings. The predicted octanol–water partition coefficient (Wildman–Crippen LogP) is 4.71. The minimum absolute atomic E-state index is 0.168. The molecule has 3 aliphatic rings. The number of hydrogen-bond acceptors (Lipinski definition) is 5. The fourth-order valence-electron chi connectivity index (χ4n) is 5.01. The van der Waals surface area contributed by atoms with Crippen molar-refractivity contribution >= 4 is 17.7 Å². The van der Waals surface area contributed by atoms with E-state index in [4.69, 9.17) is 14.7 Å². The van der Waals surface area contributed by atoms with Gasteiger partial charge in [0, 0.05) is 25.1 Å². The van der Waals surface area contributed by atoms with Crippen LogP contribution < -0.4 is 10.1 Å². The molecule has 0 amide bonds. The number of anilines is 1. The number of hydrogen-bond donors (Lipinski definition) is 1. The van der Waals surface area contributed by atoms with Crippen molar-refractivity contribution in [3.8, 4) is 5.75 Å². The van der Waals surface area contributed by atoms with Crippen LogP contribution in [0.15, 0.2) is 29.3 Å². The molecule has 5 heteroatoms. The first kappa shape index (κ1) is 17.7. The van der Waals surface area contributed by atoms with Gasteiger partial charge in [0.05, 0.1) is 11.8 Å². The second-order valence-corrected chi connectivity index (χ2v) is 8.72. The van der Waals surface area contributed by atoms with Crippen LogP contribution in [0.3, 0.4) is 0 Å². The Hall–Kier alpha value is -2.43. The summed E-state index contributed by atoms with van der Waals surface area (Å²) in [6, 6.07) is 8.80. The molecule has 2 aliphatic carbocycles. The number of nitrogens with zero attached hydrogens (tertiary/aromatic N) is 3. The van der Waals surface area contributed by atoms with Crippen LogP contribution in [0.5, 0.6) is 5.75 Å². The highest BCUT2D eigenvalue weighted by Gasteiger charge is 2.40. The van der Waals surface area contributed by atoms with Crippen LogP contribution >= 0.6 is 0 Å². The summed E-state index contributed by atoms with van der Waals surface area (Å²) < 4.78 is 5.83. The van der Waals surface area contributed by atoms with Crippen LogP contribution in [0.4, 0.5) is 11.5 Å². The molecule has 0 saturated heterocycles. The highest BCUT2D eigenvalue weighted by atomic mass is 16.5. The number of fused-ring (bicyclic) bond motifs is 3. The van der Waals surface area contributed by atoms with Gasteiger partial charge in [0.1, 0.15) is 17.3 Å². The SMILES string of the molecule is CC(C)Oc1cccc(Cc2nc3c(c(NC4CC5CCC4C5)n2)N=CC3)c1. The minimum atomic E-state index is 0.168. The zero-order valence-corrected chi connectivity index (χ0v) is 16.7. The van der Waals surface area contributed by atoms with Gasteiger partial charge in [0.2, 0.25) is 0 Å². The Bertz CT molecular complexity index is 907. The van der Waals surface area contributed by atoms with Crippen molar-refractivity contribution in [1.29, 1.82) is 0 Å². The molecule has 1 aromatic heterocycles. The Labute approximate surface area is 166 Å². The Balaban J connectivity index is 1.38. The van der Waals surface area contributed by atoms with Gasteiger partial charge in [-0.1, -0.05) is 18.6 Å². The lowest BCUT2D eigenvalue weighted by molar-refractivity contribution is 0.242. The smallest absolute Gasteiger partial charge is 0.156 e. The number of rotatable bonds is 6. The molecule has 5 rings (SSSR count). The van der Waals surface area contributed by atoms with Crippen LogP contribution in [0, 0.1) is 11.8 Å². The molecule has 2 bridgehead atoms. The second kappa shape index (κ2) is 7.19. The molecule has 2 heterocycles. The summed E-state index contributed by atoms with van der Waals surface area (Å²) in [6.07, 6.45) is 9.03. The lowest BCUT2D eigenvalue weighted by atomic mass is 9.95. The number of aliphatic imine (C=N–C) groups is 1. The summed E-state index contributed by atoms with van der Waals surface area (Å²) in [5.74, 6) is 4.40. The molecule has 1 N–H and O–H groups in total. The Morgan fingerprint density at radius 2 is 2.11 bits per heavy atom. The highest BCUT2D eigenvalue weighted by Crippen LogP contribution is 2.46. The summed E-state index contributed by atoms with van der Waals surface area (Å²) in [7, 11) is 0. The normalized spacial score (nSPS) is 24.8. The lowest BCUT2D eigenvalue weighted by Crippen LogP contribution is -2.26. The third-order valence-electron chi connectivity index (χ3n) is 6.20. The summed E-state index contributed by atoms with van der Waals surface area (Å²) >= 11 is 0. The summed E-state index contributed by atoms with van der Waals surface area (Å²) in [5, 5.41) is 3.75. The third-order valence-corrected chi connectivity index (χ3v) is 6.20. The van der Waals surface area contributed by atoms with Crippen LogP contribution in [0.1, 0.15) is 56.6 Å². The maximum Gasteiger partial charge on any atom is 0.156 e. The van der Waals surface area contributed by atoms with E-state index in [9.17, 15) is 0 Å². The minimum Gasteiger partial charge on any atom is -0.491 e. The molecule has 28 heavy (non-hydrogen) atoms. The molecule has 3 unspecified atom stereocenters. The maximum absolute atomic E-state index is 5.83. The van der Waals surface area contributed by atoms with E-state index in [0.717, 1.165) is 47.0 Å². The topological polar surface area (TPSA) is 59.4 Å². The average Bonchev–Trinajstić information content (AvgIpc) is 3.38. The monoisotopic (exact) mass is 376 g/mol. The molecular weight excluding hydrogens is 348 g/mol. The third kappa shape index (κ3) is 3.50. The van der Waals surface area contributed by atoms with Crippen LogP contribution in [0.2, 0.25) is 0 Å². The molecule has 1 aliphatic heterocycles. The molecule has 5 nitrogen and oxygen atoms in total. The van der Waals surface area contributed by atoms with Gasteiger partial charge in [-0.05, 0) is 62.6 Å². The van der Waals surface area contributed by atoms with Gasteiger partial charge in [-0.15, -0.1) is 0 Å². The molecular formula is C23H28N4O. The molecule has 146 valence electrons. The average molecular weight is 377 g/mol. The zero-order chi connectivity index (χ0) is 19.1. The van der Waals surface area contributed by atoms with E-state index in [1.807, 2.05) is 32.2 Å². The van der Waals surface area contributed by atoms with E-state index in [-0.39, 0.29) is 6.10 Å². The van der Waals surface area contributed by atoms with Crippen LogP contribution in [-0.4, -0.2) is 28.3 Å². The Morgan fingerprint density at radius 1 is 1.18 bits per heavy atom. The van der Waals surface area contributed by atoms with Gasteiger partial charge in [0.25, 0.3) is 0 Å². The summed E-state index contributed by atoms with van der Waals surface area (Å²) in [4.78, 5) is 14.3. The van der Waals surface area contributed by atoms with E-state index in [1.165, 1.54) is 31.2 Å². The molecule has 0 spiro atoms. The second-order valence-electron chi connectivity index (χ2n) is 8.72. The van der Waals surface area contributed by atoms with Gasteiger partial charge in [0.15, 0.2) is 5.82 Å². The first-order valence-electron chi connectivity index (χ1n) is 10.6. The van der Waals surface area contributed by atoms with Crippen LogP contribution in [-0.2, 0) is 12.8 Å². The van der Waals surface area contributed by atoms with E-state index < -0.39 is 0 Å². The van der Waals surface area contributed by atoms with Gasteiger partial charge in [-0.2, -0.15) is 0 Å². The first-order chi connectivity index (χ1) is 13.6. The van der Waals surface area contributed by atoms with Crippen molar-refractivity contribution in [2.24, 2.45) is 16.8 Å². The number of nitrogens with one attached hydrogen (secondary N) is 1. The maximum atomic E-state index is 5.83. The highest BCUT2D eigenvalue weighted by molar-refractivity contribution is 5.80. The van der Waals surface area contributed by atoms with Crippen molar-refractivity contribution < 1.29 is 4.74 Å². The fourth-order valence-corrected chi connectivity index (χ4v) is 5.01. The zero-order valence-electron chi connectivity index (χ0n) is 16.7. The summed E-state index contributed by atoms with van der Waals surface area (Å²) in [6.45, 7) is 4.09. The van der Waals surface area contributed by atoms with Gasteiger partial charge in [-0.3, -0.25) is 4.99 Å². The van der Waals surface area contributed by atoms with E-state index in [1.54, 1.807) is 0 Å². The van der Waals surface area contributed by atoms with Crippen molar-refractivity contribution in [3.05, 3.63) is 41.3 Å². The van der Waals surface area contributed by atoms with Crippen molar-refractivity contribution in [2.75, 3.05) is 5.32 Å². The number of aromatic nitrogens is 2. The van der Waals surface area contributed by atoms with E-state index in [0.29, 0.717) is 12.5 Å². The quantitative estimate of drug-likeness (QED) is 0.793. The number of ether oxygens (including phenoxy) is 1. The van der Waals surface area contributed by atoms with Crippen molar-refractivity contribution in [3.63, 3.8) is 0 Å². The molecule has 0 radical (unpaired) electrons. The van der Waals surface area contributed by atoms with Gasteiger partial charge in [-0.25, -0.2) is 9.97 Å². The van der Waals surface area contributed by atoms with Crippen LogP contribution in [0.25, 0.3) is 0 Å². The molecule has 2 aromatic rings. The van der Waals surface area contributed by atoms with Gasteiger partial charge >= 0.3 is 0 Å². The van der Waals surface area contributed by atoms with Crippen molar-refractivity contribution in [1.82, 2.24) is 9.97 Å². The van der Waals surface area contributed by atoms with E-state index >= 15 is 0 Å². The Morgan fingerprint density at radius 3 is 2.89 bits per heavy atom. The molecule has 2 saturated carbocycles. The van der Waals surface area contributed by atoms with Gasteiger partial charge < -0.3 is 10.1 Å². The molecule has 1 aromatic carbocycles. The Kier molecular flexibility index (Phi) is 4.53. The van der Waals surface area contributed by atoms with E-state index in [2.05, 4.69) is 22.4 Å². The number of benzene rings is 1. The molecule has 3 atom stereocenters. The largest absolute Gasteiger partial charge is 0.491 e. The standard InChI is InChI=1S/C23H28N4O/c1-14(2)28-18-5-3-4-15(11-18)13-21-25-19-8-9-24-22(19)23(27-21)26-20-12-16-6-7-17(20)10-16/h3-5,9,11,14,16-17,20H,6-8,10,12-13H2,1-2H3,(H,25,26,27). The summed E-state index contributed by atoms with van der Waals surface area (Å²) in [5.41, 5.74) is 3.16. The van der Waals surface area contributed by atoms with Crippen molar-refractivity contribution in [2.45, 2.75) is 64.5 Å². The fraction of sp³-hybridized carbons (Fsp3) is 0.522. The lowest BCUT2D eigenvalue weighted by Gasteiger charge is -2.24. The predicted molar refractivity (Wildman–Crippen MR) is 112 cm³/mol.